The average Bonchev–Trinajstić information content (AvgIpc) is 2.47. The summed E-state index contributed by atoms with van der Waals surface area (Å²) in [6.07, 6.45) is 1.52. The highest BCUT2D eigenvalue weighted by molar-refractivity contribution is 9.10. The second-order valence-electron chi connectivity index (χ2n) is 4.08. The summed E-state index contributed by atoms with van der Waals surface area (Å²) in [7, 11) is 1.61. The zero-order valence-electron chi connectivity index (χ0n) is 11.5. The van der Waals surface area contributed by atoms with E-state index >= 15 is 0 Å². The first kappa shape index (κ1) is 14.6. The Labute approximate surface area is 126 Å². The number of hydrogen-bond acceptors (Lipinski definition) is 5. The quantitative estimate of drug-likeness (QED) is 0.847. The Morgan fingerprint density at radius 3 is 2.50 bits per heavy atom. The summed E-state index contributed by atoms with van der Waals surface area (Å²) >= 11 is 3.53. The Kier molecular flexibility index (Phi) is 5.17. The molecule has 0 bridgehead atoms. The SMILES string of the molecule is CCNc1ncnc(NCc2ccccc2Br)c1OC. The summed E-state index contributed by atoms with van der Waals surface area (Å²) in [6, 6.07) is 8.05. The summed E-state index contributed by atoms with van der Waals surface area (Å²) in [5.74, 6) is 2.00. The van der Waals surface area contributed by atoms with Crippen LogP contribution < -0.4 is 15.4 Å². The molecule has 0 atom stereocenters. The first-order valence-electron chi connectivity index (χ1n) is 6.36. The van der Waals surface area contributed by atoms with Gasteiger partial charge >= 0.3 is 0 Å². The zero-order valence-corrected chi connectivity index (χ0v) is 13.1. The van der Waals surface area contributed by atoms with Gasteiger partial charge in [0.25, 0.3) is 0 Å². The molecule has 1 aromatic heterocycles. The van der Waals surface area contributed by atoms with Crippen LogP contribution >= 0.6 is 15.9 Å². The molecule has 0 aliphatic carbocycles. The highest BCUT2D eigenvalue weighted by atomic mass is 79.9. The van der Waals surface area contributed by atoms with Crippen molar-refractivity contribution in [1.82, 2.24) is 9.97 Å². The summed E-state index contributed by atoms with van der Waals surface area (Å²) < 4.78 is 6.45. The van der Waals surface area contributed by atoms with Gasteiger partial charge in [0.15, 0.2) is 11.6 Å². The fraction of sp³-hybridized carbons (Fsp3) is 0.286. The molecule has 5 nitrogen and oxygen atoms in total. The minimum atomic E-state index is 0.626. The Hall–Kier alpha value is -1.82. The van der Waals surface area contributed by atoms with Gasteiger partial charge < -0.3 is 15.4 Å². The molecule has 1 heterocycles. The number of ether oxygens (including phenoxy) is 1. The lowest BCUT2D eigenvalue weighted by Crippen LogP contribution is -2.08. The van der Waals surface area contributed by atoms with Gasteiger partial charge in [-0.3, -0.25) is 0 Å². The second kappa shape index (κ2) is 7.09. The van der Waals surface area contributed by atoms with Gasteiger partial charge in [0.2, 0.25) is 5.75 Å². The van der Waals surface area contributed by atoms with Crippen molar-refractivity contribution in [1.29, 1.82) is 0 Å². The molecule has 0 aliphatic rings. The number of hydrogen-bond donors (Lipinski definition) is 2. The Balaban J connectivity index is 2.17. The van der Waals surface area contributed by atoms with E-state index < -0.39 is 0 Å². The number of nitrogens with one attached hydrogen (secondary N) is 2. The van der Waals surface area contributed by atoms with Crippen LogP contribution in [0.15, 0.2) is 35.1 Å². The molecule has 0 saturated heterocycles. The van der Waals surface area contributed by atoms with Crippen LogP contribution in [0.3, 0.4) is 0 Å². The van der Waals surface area contributed by atoms with Gasteiger partial charge in [-0.05, 0) is 18.6 Å². The van der Waals surface area contributed by atoms with Gasteiger partial charge in [0, 0.05) is 17.6 Å². The second-order valence-corrected chi connectivity index (χ2v) is 4.93. The average molecular weight is 337 g/mol. The van der Waals surface area contributed by atoms with Crippen molar-refractivity contribution in [2.24, 2.45) is 0 Å². The van der Waals surface area contributed by atoms with Gasteiger partial charge in [0.1, 0.15) is 6.33 Å². The van der Waals surface area contributed by atoms with Crippen LogP contribution in [0.4, 0.5) is 11.6 Å². The number of aromatic nitrogens is 2. The van der Waals surface area contributed by atoms with E-state index in [0.29, 0.717) is 23.9 Å². The van der Waals surface area contributed by atoms with Gasteiger partial charge in [-0.2, -0.15) is 0 Å². The molecule has 0 spiro atoms. The summed E-state index contributed by atoms with van der Waals surface area (Å²) in [5.41, 5.74) is 1.15. The lowest BCUT2D eigenvalue weighted by molar-refractivity contribution is 0.414. The van der Waals surface area contributed by atoms with Crippen molar-refractivity contribution < 1.29 is 4.74 Å². The smallest absolute Gasteiger partial charge is 0.204 e. The standard InChI is InChI=1S/C14H17BrN4O/c1-3-16-13-12(20-2)14(19-9-18-13)17-8-10-6-4-5-7-11(10)15/h4-7,9H,3,8H2,1-2H3,(H2,16,17,18,19). The van der Waals surface area contributed by atoms with Crippen molar-refractivity contribution in [3.05, 3.63) is 40.6 Å². The van der Waals surface area contributed by atoms with E-state index in [1.165, 1.54) is 6.33 Å². The monoisotopic (exact) mass is 336 g/mol. The van der Waals surface area contributed by atoms with Crippen LogP contribution in [0.5, 0.6) is 5.75 Å². The van der Waals surface area contributed by atoms with E-state index in [1.54, 1.807) is 7.11 Å². The highest BCUT2D eigenvalue weighted by Gasteiger charge is 2.11. The molecule has 0 amide bonds. The van der Waals surface area contributed by atoms with Gasteiger partial charge in [-0.25, -0.2) is 9.97 Å². The summed E-state index contributed by atoms with van der Waals surface area (Å²) in [5, 5.41) is 6.43. The molecule has 1 aromatic carbocycles. The predicted molar refractivity (Wildman–Crippen MR) is 84.2 cm³/mol. The molecule has 0 unspecified atom stereocenters. The van der Waals surface area contributed by atoms with Gasteiger partial charge in [-0.15, -0.1) is 0 Å². The Morgan fingerprint density at radius 2 is 1.85 bits per heavy atom. The number of benzene rings is 1. The van der Waals surface area contributed by atoms with Crippen LogP contribution in [0.25, 0.3) is 0 Å². The van der Waals surface area contributed by atoms with E-state index in [2.05, 4.69) is 42.6 Å². The lowest BCUT2D eigenvalue weighted by atomic mass is 10.2. The van der Waals surface area contributed by atoms with Crippen LogP contribution in [0.1, 0.15) is 12.5 Å². The number of nitrogens with zero attached hydrogens (tertiary/aromatic N) is 2. The first-order valence-corrected chi connectivity index (χ1v) is 7.15. The van der Waals surface area contributed by atoms with Crippen molar-refractivity contribution in [2.75, 3.05) is 24.3 Å². The maximum absolute atomic E-state index is 5.39. The van der Waals surface area contributed by atoms with Crippen molar-refractivity contribution in [3.8, 4) is 5.75 Å². The maximum Gasteiger partial charge on any atom is 0.204 e. The molecule has 0 saturated carbocycles. The minimum absolute atomic E-state index is 0.626. The van der Waals surface area contributed by atoms with Crippen LogP contribution in [-0.2, 0) is 6.54 Å². The molecule has 2 aromatic rings. The number of halogens is 1. The summed E-state index contributed by atoms with van der Waals surface area (Å²) in [4.78, 5) is 8.41. The van der Waals surface area contributed by atoms with Crippen LogP contribution in [-0.4, -0.2) is 23.6 Å². The van der Waals surface area contributed by atoms with Crippen LogP contribution in [0.2, 0.25) is 0 Å². The van der Waals surface area contributed by atoms with Crippen molar-refractivity contribution in [3.63, 3.8) is 0 Å². The number of methoxy groups -OCH3 is 1. The number of anilines is 2. The Bertz CT molecular complexity index is 577. The largest absolute Gasteiger partial charge is 0.490 e. The van der Waals surface area contributed by atoms with Crippen LogP contribution in [0, 0.1) is 0 Å². The lowest BCUT2D eigenvalue weighted by Gasteiger charge is -2.14. The molecule has 106 valence electrons. The van der Waals surface area contributed by atoms with Gasteiger partial charge in [-0.1, -0.05) is 34.1 Å². The maximum atomic E-state index is 5.39. The molecule has 0 fully saturated rings. The first-order chi connectivity index (χ1) is 9.76. The molecule has 20 heavy (non-hydrogen) atoms. The molecule has 0 aliphatic heterocycles. The molecule has 2 N–H and O–H groups in total. The highest BCUT2D eigenvalue weighted by Crippen LogP contribution is 2.29. The van der Waals surface area contributed by atoms with Gasteiger partial charge in [0.05, 0.1) is 7.11 Å². The van der Waals surface area contributed by atoms with E-state index in [-0.39, 0.29) is 0 Å². The fourth-order valence-corrected chi connectivity index (χ4v) is 2.23. The third-order valence-electron chi connectivity index (χ3n) is 2.76. The molecule has 2 rings (SSSR count). The van der Waals surface area contributed by atoms with E-state index in [9.17, 15) is 0 Å². The zero-order chi connectivity index (χ0) is 14.4. The fourth-order valence-electron chi connectivity index (χ4n) is 1.81. The van der Waals surface area contributed by atoms with E-state index in [4.69, 9.17) is 4.74 Å². The minimum Gasteiger partial charge on any atom is -0.490 e. The molecular formula is C14H17BrN4O. The van der Waals surface area contributed by atoms with E-state index in [1.807, 2.05) is 25.1 Å². The third kappa shape index (κ3) is 3.39. The molecule has 6 heteroatoms. The molecule has 0 radical (unpaired) electrons. The topological polar surface area (TPSA) is 59.1 Å². The predicted octanol–water partition coefficient (Wildman–Crippen LogP) is 3.29. The van der Waals surface area contributed by atoms with Crippen molar-refractivity contribution >= 4 is 27.6 Å². The Morgan fingerprint density at radius 1 is 1.15 bits per heavy atom. The molecular weight excluding hydrogens is 320 g/mol. The number of rotatable bonds is 6. The summed E-state index contributed by atoms with van der Waals surface area (Å²) in [6.45, 7) is 3.44. The normalized spacial score (nSPS) is 10.2. The van der Waals surface area contributed by atoms with E-state index in [0.717, 1.165) is 16.6 Å². The third-order valence-corrected chi connectivity index (χ3v) is 3.53. The van der Waals surface area contributed by atoms with Crippen molar-refractivity contribution in [2.45, 2.75) is 13.5 Å².